The number of carbonyl (C=O) groups excluding carboxylic acids is 1. The fraction of sp³-hybridized carbons (Fsp3) is 0.500. The van der Waals surface area contributed by atoms with Crippen molar-refractivity contribution in [2.24, 2.45) is 0 Å². The van der Waals surface area contributed by atoms with Crippen LogP contribution in [0.1, 0.15) is 34.1 Å². The first-order chi connectivity index (χ1) is 7.77. The van der Waals surface area contributed by atoms with Crippen LogP contribution in [0, 0.1) is 0 Å². The summed E-state index contributed by atoms with van der Waals surface area (Å²) in [4.78, 5) is 16.1. The van der Waals surface area contributed by atoms with Crippen LogP contribution in [-0.2, 0) is 24.1 Å². The second-order valence-electron chi connectivity index (χ2n) is 3.86. The summed E-state index contributed by atoms with van der Waals surface area (Å²) in [7, 11) is 1.42. The van der Waals surface area contributed by atoms with E-state index in [0.29, 0.717) is 5.56 Å². The zero-order chi connectivity index (χ0) is 11.5. The van der Waals surface area contributed by atoms with Gasteiger partial charge in [-0.15, -0.1) is 0 Å². The molecule has 2 rings (SSSR count). The van der Waals surface area contributed by atoms with Gasteiger partial charge in [-0.3, -0.25) is 4.98 Å². The van der Waals surface area contributed by atoms with Gasteiger partial charge in [0, 0.05) is 12.7 Å². The number of hydrogen-bond donors (Lipinski definition) is 1. The zero-order valence-corrected chi connectivity index (χ0v) is 9.67. The Balaban J connectivity index is 2.56. The smallest absolute Gasteiger partial charge is 0.340 e. The molecule has 0 saturated heterocycles. The summed E-state index contributed by atoms with van der Waals surface area (Å²) >= 11 is 0. The molecule has 0 aromatic carbocycles. The van der Waals surface area contributed by atoms with E-state index in [0.717, 1.165) is 42.8 Å². The molecule has 1 aliphatic heterocycles. The van der Waals surface area contributed by atoms with Crippen molar-refractivity contribution in [3.8, 4) is 0 Å². The topological polar surface area (TPSA) is 51.2 Å². The van der Waals surface area contributed by atoms with E-state index in [2.05, 4.69) is 10.3 Å². The first kappa shape index (κ1) is 11.1. The molecule has 1 N–H and O–H groups in total. The molecule has 0 saturated carbocycles. The summed E-state index contributed by atoms with van der Waals surface area (Å²) in [5, 5.41) is 3.27. The maximum Gasteiger partial charge on any atom is 0.340 e. The van der Waals surface area contributed by atoms with Gasteiger partial charge in [0.25, 0.3) is 0 Å². The number of aromatic nitrogens is 1. The Morgan fingerprint density at radius 2 is 2.44 bits per heavy atom. The van der Waals surface area contributed by atoms with Crippen molar-refractivity contribution in [3.63, 3.8) is 0 Å². The van der Waals surface area contributed by atoms with Crippen molar-refractivity contribution >= 4 is 5.97 Å². The zero-order valence-electron chi connectivity index (χ0n) is 9.67. The van der Waals surface area contributed by atoms with E-state index in [-0.39, 0.29) is 5.97 Å². The monoisotopic (exact) mass is 220 g/mol. The molecule has 1 aromatic rings. The van der Waals surface area contributed by atoms with Crippen LogP contribution in [0.2, 0.25) is 0 Å². The first-order valence-corrected chi connectivity index (χ1v) is 5.56. The van der Waals surface area contributed by atoms with Crippen molar-refractivity contribution < 1.29 is 9.53 Å². The van der Waals surface area contributed by atoms with Gasteiger partial charge in [-0.2, -0.15) is 0 Å². The van der Waals surface area contributed by atoms with E-state index in [1.54, 1.807) is 0 Å². The maximum atomic E-state index is 11.8. The number of esters is 1. The number of methoxy groups -OCH3 is 1. The van der Waals surface area contributed by atoms with Crippen LogP contribution in [0.3, 0.4) is 0 Å². The average Bonchev–Trinajstić information content (AvgIpc) is 2.36. The highest BCUT2D eigenvalue weighted by molar-refractivity contribution is 5.92. The molecule has 0 atom stereocenters. The number of ether oxygens (including phenoxy) is 1. The number of nitrogens with zero attached hydrogens (tertiary/aromatic N) is 1. The molecule has 0 radical (unpaired) electrons. The molecule has 2 heterocycles. The normalized spacial score (nSPS) is 14.4. The average molecular weight is 220 g/mol. The molecule has 0 aliphatic carbocycles. The second-order valence-corrected chi connectivity index (χ2v) is 3.86. The summed E-state index contributed by atoms with van der Waals surface area (Å²) in [5.41, 5.74) is 3.75. The lowest BCUT2D eigenvalue weighted by Gasteiger charge is -2.20. The lowest BCUT2D eigenvalue weighted by molar-refractivity contribution is 0.0597. The molecule has 4 nitrogen and oxygen atoms in total. The Hall–Kier alpha value is -1.42. The van der Waals surface area contributed by atoms with Gasteiger partial charge in [-0.1, -0.05) is 6.92 Å². The van der Waals surface area contributed by atoms with E-state index in [4.69, 9.17) is 4.74 Å². The summed E-state index contributed by atoms with van der Waals surface area (Å²) in [6.07, 6.45) is 3.49. The molecule has 0 spiro atoms. The Bertz CT molecular complexity index is 416. The van der Waals surface area contributed by atoms with Crippen molar-refractivity contribution in [1.82, 2.24) is 10.3 Å². The Kier molecular flexibility index (Phi) is 3.19. The van der Waals surface area contributed by atoms with Crippen LogP contribution in [0.5, 0.6) is 0 Å². The molecule has 16 heavy (non-hydrogen) atoms. The van der Waals surface area contributed by atoms with Crippen LogP contribution >= 0.6 is 0 Å². The highest BCUT2D eigenvalue weighted by Crippen LogP contribution is 2.21. The molecule has 1 aliphatic rings. The Morgan fingerprint density at radius 1 is 1.62 bits per heavy atom. The third-order valence-electron chi connectivity index (χ3n) is 2.95. The van der Waals surface area contributed by atoms with Gasteiger partial charge in [-0.25, -0.2) is 4.79 Å². The lowest BCUT2D eigenvalue weighted by Crippen LogP contribution is -2.27. The fourth-order valence-corrected chi connectivity index (χ4v) is 2.12. The Morgan fingerprint density at radius 3 is 3.12 bits per heavy atom. The van der Waals surface area contributed by atoms with E-state index >= 15 is 0 Å². The summed E-state index contributed by atoms with van der Waals surface area (Å²) in [6.45, 7) is 3.70. The second kappa shape index (κ2) is 4.61. The van der Waals surface area contributed by atoms with E-state index in [1.807, 2.05) is 13.1 Å². The molecule has 0 bridgehead atoms. The quantitative estimate of drug-likeness (QED) is 0.758. The Labute approximate surface area is 95.0 Å². The standard InChI is InChI=1S/C12H16N2O2/c1-3-10-11(12(15)16-2)9-4-5-13-6-8(9)7-14-10/h7,13H,3-6H2,1-2H3. The molecule has 0 amide bonds. The van der Waals surface area contributed by atoms with Crippen LogP contribution in [0.25, 0.3) is 0 Å². The predicted molar refractivity (Wildman–Crippen MR) is 60.4 cm³/mol. The van der Waals surface area contributed by atoms with Crippen molar-refractivity contribution in [2.45, 2.75) is 26.3 Å². The number of aryl methyl sites for hydroxylation is 1. The molecular weight excluding hydrogens is 204 g/mol. The number of rotatable bonds is 2. The van der Waals surface area contributed by atoms with Gasteiger partial charge in [0.15, 0.2) is 0 Å². The predicted octanol–water partition coefficient (Wildman–Crippen LogP) is 1.08. The van der Waals surface area contributed by atoms with E-state index < -0.39 is 0 Å². The van der Waals surface area contributed by atoms with Gasteiger partial charge >= 0.3 is 5.97 Å². The van der Waals surface area contributed by atoms with Gasteiger partial charge in [0.05, 0.1) is 18.4 Å². The first-order valence-electron chi connectivity index (χ1n) is 5.56. The van der Waals surface area contributed by atoms with Crippen molar-refractivity contribution in [3.05, 3.63) is 28.6 Å². The van der Waals surface area contributed by atoms with Gasteiger partial charge < -0.3 is 10.1 Å². The molecule has 86 valence electrons. The minimum Gasteiger partial charge on any atom is -0.465 e. The number of hydrogen-bond acceptors (Lipinski definition) is 4. The van der Waals surface area contributed by atoms with Crippen molar-refractivity contribution in [2.75, 3.05) is 13.7 Å². The number of nitrogens with one attached hydrogen (secondary N) is 1. The molecular formula is C12H16N2O2. The number of carbonyl (C=O) groups is 1. The van der Waals surface area contributed by atoms with Crippen molar-refractivity contribution in [1.29, 1.82) is 0 Å². The SMILES string of the molecule is CCc1ncc2c(c1C(=O)OC)CCNC2. The molecule has 1 aromatic heterocycles. The molecule has 0 fully saturated rings. The number of fused-ring (bicyclic) bond motifs is 1. The fourth-order valence-electron chi connectivity index (χ4n) is 2.12. The van der Waals surface area contributed by atoms with E-state index in [1.165, 1.54) is 7.11 Å². The van der Waals surface area contributed by atoms with Crippen LogP contribution in [0.15, 0.2) is 6.20 Å². The van der Waals surface area contributed by atoms with Gasteiger partial charge in [-0.05, 0) is 30.5 Å². The highest BCUT2D eigenvalue weighted by atomic mass is 16.5. The minimum atomic E-state index is -0.261. The molecule has 4 heteroatoms. The van der Waals surface area contributed by atoms with Gasteiger partial charge in [0.1, 0.15) is 0 Å². The third kappa shape index (κ3) is 1.80. The summed E-state index contributed by atoms with van der Waals surface area (Å²) in [6, 6.07) is 0. The largest absolute Gasteiger partial charge is 0.465 e. The van der Waals surface area contributed by atoms with E-state index in [9.17, 15) is 4.79 Å². The van der Waals surface area contributed by atoms with Crippen LogP contribution in [-0.4, -0.2) is 24.6 Å². The maximum absolute atomic E-state index is 11.8. The molecule has 0 unspecified atom stereocenters. The number of pyridine rings is 1. The summed E-state index contributed by atoms with van der Waals surface area (Å²) < 4.78 is 4.85. The lowest BCUT2D eigenvalue weighted by atomic mass is 9.95. The summed E-state index contributed by atoms with van der Waals surface area (Å²) in [5.74, 6) is -0.261. The third-order valence-corrected chi connectivity index (χ3v) is 2.95. The minimum absolute atomic E-state index is 0.261. The van der Waals surface area contributed by atoms with Crippen LogP contribution < -0.4 is 5.32 Å². The van der Waals surface area contributed by atoms with Crippen LogP contribution in [0.4, 0.5) is 0 Å². The highest BCUT2D eigenvalue weighted by Gasteiger charge is 2.22. The van der Waals surface area contributed by atoms with Gasteiger partial charge in [0.2, 0.25) is 0 Å².